The van der Waals surface area contributed by atoms with Crippen molar-refractivity contribution >= 4 is 11.6 Å². The molecule has 0 spiro atoms. The molecule has 0 saturated carbocycles. The van der Waals surface area contributed by atoms with Crippen molar-refractivity contribution in [1.29, 1.82) is 0 Å². The third kappa shape index (κ3) is 1.30. The van der Waals surface area contributed by atoms with Crippen molar-refractivity contribution in [1.82, 2.24) is 0 Å². The van der Waals surface area contributed by atoms with Crippen LogP contribution in [0.5, 0.6) is 5.75 Å². The fraction of sp³-hybridized carbons (Fsp3) is 0.400. The highest BCUT2D eigenvalue weighted by atomic mass is 35.5. The van der Waals surface area contributed by atoms with Crippen LogP contribution in [0, 0.1) is 0 Å². The molecule has 0 bridgehead atoms. The van der Waals surface area contributed by atoms with Gasteiger partial charge in [-0.25, -0.2) is 0 Å². The second kappa shape index (κ2) is 2.63. The number of aliphatic hydroxyl groups excluding tert-OH is 1. The van der Waals surface area contributed by atoms with Crippen molar-refractivity contribution in [2.24, 2.45) is 0 Å². The summed E-state index contributed by atoms with van der Waals surface area (Å²) in [6, 6.07) is 5.29. The molecule has 1 heterocycles. The van der Waals surface area contributed by atoms with Crippen LogP contribution in [0.25, 0.3) is 0 Å². The molecule has 0 aromatic heterocycles. The minimum Gasteiger partial charge on any atom is -0.484 e. The average Bonchev–Trinajstić information content (AvgIpc) is 2.26. The van der Waals surface area contributed by atoms with Gasteiger partial charge in [0.15, 0.2) is 0 Å². The highest BCUT2D eigenvalue weighted by Crippen LogP contribution is 2.43. The molecule has 1 atom stereocenters. The number of fused-ring (bicyclic) bond motifs is 1. The van der Waals surface area contributed by atoms with Crippen molar-refractivity contribution in [3.8, 4) is 5.75 Å². The molecule has 1 aliphatic rings. The summed E-state index contributed by atoms with van der Waals surface area (Å²) in [6.07, 6.45) is -0.596. The molecule has 2 rings (SSSR count). The summed E-state index contributed by atoms with van der Waals surface area (Å²) in [5.41, 5.74) is 0.227. The van der Waals surface area contributed by atoms with Crippen molar-refractivity contribution in [3.05, 3.63) is 28.8 Å². The lowest BCUT2D eigenvalue weighted by atomic mass is 9.98. The van der Waals surface area contributed by atoms with Crippen LogP contribution >= 0.6 is 11.6 Å². The van der Waals surface area contributed by atoms with Gasteiger partial charge >= 0.3 is 0 Å². The zero-order valence-electron chi connectivity index (χ0n) is 7.54. The van der Waals surface area contributed by atoms with E-state index in [1.807, 2.05) is 13.8 Å². The molecule has 3 heteroatoms. The zero-order chi connectivity index (χ0) is 9.64. The molecular weight excluding hydrogens is 188 g/mol. The molecule has 0 fully saturated rings. The number of hydrogen-bond acceptors (Lipinski definition) is 2. The van der Waals surface area contributed by atoms with E-state index >= 15 is 0 Å². The van der Waals surface area contributed by atoms with Gasteiger partial charge in [-0.15, -0.1) is 0 Å². The van der Waals surface area contributed by atoms with Crippen LogP contribution in [-0.2, 0) is 0 Å². The van der Waals surface area contributed by atoms with Crippen molar-refractivity contribution in [3.63, 3.8) is 0 Å². The zero-order valence-corrected chi connectivity index (χ0v) is 8.30. The molecule has 0 radical (unpaired) electrons. The molecule has 70 valence electrons. The molecule has 1 unspecified atom stereocenters. The van der Waals surface area contributed by atoms with E-state index in [4.69, 9.17) is 16.3 Å². The summed E-state index contributed by atoms with van der Waals surface area (Å²) in [5.74, 6) is 0.724. The molecule has 1 aromatic carbocycles. The van der Waals surface area contributed by atoms with Crippen LogP contribution in [0.4, 0.5) is 0 Å². The van der Waals surface area contributed by atoms with Crippen molar-refractivity contribution in [2.45, 2.75) is 25.6 Å². The van der Waals surface area contributed by atoms with Gasteiger partial charge in [0.25, 0.3) is 0 Å². The highest BCUT2D eigenvalue weighted by molar-refractivity contribution is 6.30. The topological polar surface area (TPSA) is 29.5 Å². The fourth-order valence-corrected chi connectivity index (χ4v) is 1.72. The van der Waals surface area contributed by atoms with E-state index in [1.165, 1.54) is 0 Å². The van der Waals surface area contributed by atoms with Gasteiger partial charge in [-0.1, -0.05) is 11.6 Å². The Bertz CT molecular complexity index is 347. The van der Waals surface area contributed by atoms with Crippen LogP contribution in [-0.4, -0.2) is 10.7 Å². The lowest BCUT2D eigenvalue weighted by Gasteiger charge is -2.21. The van der Waals surface area contributed by atoms with Crippen molar-refractivity contribution < 1.29 is 9.84 Å². The van der Waals surface area contributed by atoms with E-state index in [-0.39, 0.29) is 0 Å². The molecule has 0 saturated heterocycles. The standard InChI is InChI=1S/C10H11ClO2/c1-10(2)9(12)7-5-6(11)3-4-8(7)13-10/h3-5,9,12H,1-2H3. The van der Waals surface area contributed by atoms with Crippen LogP contribution in [0.1, 0.15) is 25.5 Å². The SMILES string of the molecule is CC1(C)Oc2ccc(Cl)cc2C1O. The monoisotopic (exact) mass is 198 g/mol. The molecule has 1 aliphatic heterocycles. The Balaban J connectivity index is 2.51. The summed E-state index contributed by atoms with van der Waals surface area (Å²) in [7, 11) is 0. The van der Waals surface area contributed by atoms with Gasteiger partial charge in [-0.3, -0.25) is 0 Å². The molecule has 1 N–H and O–H groups in total. The Labute approximate surface area is 82.1 Å². The maximum atomic E-state index is 9.85. The van der Waals surface area contributed by atoms with E-state index in [0.717, 1.165) is 11.3 Å². The Kier molecular flexibility index (Phi) is 1.79. The third-order valence-corrected chi connectivity index (χ3v) is 2.53. The predicted molar refractivity (Wildman–Crippen MR) is 51.1 cm³/mol. The Morgan fingerprint density at radius 2 is 2.15 bits per heavy atom. The highest BCUT2D eigenvalue weighted by Gasteiger charge is 2.39. The summed E-state index contributed by atoms with van der Waals surface area (Å²) < 4.78 is 5.55. The Hall–Kier alpha value is -0.730. The van der Waals surface area contributed by atoms with Gasteiger partial charge in [0, 0.05) is 10.6 Å². The minimum absolute atomic E-state index is 0.549. The molecule has 2 nitrogen and oxygen atoms in total. The summed E-state index contributed by atoms with van der Waals surface area (Å²) in [4.78, 5) is 0. The predicted octanol–water partition coefficient (Wildman–Crippen LogP) is 2.54. The van der Waals surface area contributed by atoms with Gasteiger partial charge < -0.3 is 9.84 Å². The van der Waals surface area contributed by atoms with Gasteiger partial charge in [0.2, 0.25) is 0 Å². The maximum Gasteiger partial charge on any atom is 0.133 e. The lowest BCUT2D eigenvalue weighted by Crippen LogP contribution is -2.29. The van der Waals surface area contributed by atoms with Gasteiger partial charge in [-0.05, 0) is 32.0 Å². The summed E-state index contributed by atoms with van der Waals surface area (Å²) in [5, 5.41) is 10.5. The first-order valence-electron chi connectivity index (χ1n) is 4.17. The van der Waals surface area contributed by atoms with Gasteiger partial charge in [0.1, 0.15) is 17.5 Å². The Morgan fingerprint density at radius 1 is 1.46 bits per heavy atom. The first kappa shape index (κ1) is 8.85. The third-order valence-electron chi connectivity index (χ3n) is 2.30. The van der Waals surface area contributed by atoms with E-state index in [0.29, 0.717) is 5.02 Å². The fourth-order valence-electron chi connectivity index (χ4n) is 1.54. The molecule has 0 amide bonds. The average molecular weight is 199 g/mol. The number of benzene rings is 1. The quantitative estimate of drug-likeness (QED) is 0.694. The normalized spacial score (nSPS) is 23.8. The van der Waals surface area contributed by atoms with Crippen LogP contribution in [0.15, 0.2) is 18.2 Å². The lowest BCUT2D eigenvalue weighted by molar-refractivity contribution is 0.000557. The molecule has 13 heavy (non-hydrogen) atoms. The molecular formula is C10H11ClO2. The molecule has 1 aromatic rings. The van der Waals surface area contributed by atoms with E-state index in [9.17, 15) is 5.11 Å². The minimum atomic E-state index is -0.596. The number of halogens is 1. The molecule has 0 aliphatic carbocycles. The van der Waals surface area contributed by atoms with Crippen LogP contribution in [0.3, 0.4) is 0 Å². The second-order valence-corrected chi connectivity index (χ2v) is 4.23. The van der Waals surface area contributed by atoms with Gasteiger partial charge in [-0.2, -0.15) is 0 Å². The van der Waals surface area contributed by atoms with Gasteiger partial charge in [0.05, 0.1) is 0 Å². The largest absolute Gasteiger partial charge is 0.484 e. The van der Waals surface area contributed by atoms with Crippen LogP contribution in [0.2, 0.25) is 5.02 Å². The number of ether oxygens (including phenoxy) is 1. The summed E-state index contributed by atoms with van der Waals surface area (Å²) in [6.45, 7) is 3.71. The number of rotatable bonds is 0. The van der Waals surface area contributed by atoms with Crippen LogP contribution < -0.4 is 4.74 Å². The summed E-state index contributed by atoms with van der Waals surface area (Å²) >= 11 is 5.82. The number of hydrogen-bond donors (Lipinski definition) is 1. The van der Waals surface area contributed by atoms with E-state index in [2.05, 4.69) is 0 Å². The maximum absolute atomic E-state index is 9.85. The van der Waals surface area contributed by atoms with Crippen molar-refractivity contribution in [2.75, 3.05) is 0 Å². The number of aliphatic hydroxyl groups is 1. The second-order valence-electron chi connectivity index (χ2n) is 3.79. The van der Waals surface area contributed by atoms with E-state index in [1.54, 1.807) is 18.2 Å². The first-order chi connectivity index (χ1) is 6.00. The Morgan fingerprint density at radius 3 is 2.85 bits per heavy atom. The smallest absolute Gasteiger partial charge is 0.133 e. The first-order valence-corrected chi connectivity index (χ1v) is 4.55. The van der Waals surface area contributed by atoms with E-state index < -0.39 is 11.7 Å².